The van der Waals surface area contributed by atoms with Crippen LogP contribution in [0.5, 0.6) is 5.75 Å². The van der Waals surface area contributed by atoms with Gasteiger partial charge < -0.3 is 73.5 Å². The van der Waals surface area contributed by atoms with Crippen molar-refractivity contribution in [2.75, 3.05) is 73.7 Å². The second-order valence-electron chi connectivity index (χ2n) is 21.9. The van der Waals surface area contributed by atoms with Crippen LogP contribution in [-0.4, -0.2) is 221 Å². The van der Waals surface area contributed by atoms with Gasteiger partial charge in [-0.25, -0.2) is 0 Å². The molecule has 4 aliphatic heterocycles. The number of likely N-dealkylation sites (N-methyl/N-ethyl adjacent to an activating group) is 1. The van der Waals surface area contributed by atoms with Crippen LogP contribution >= 0.6 is 0 Å². The van der Waals surface area contributed by atoms with Gasteiger partial charge in [0.2, 0.25) is 0 Å². The molecule has 0 spiro atoms. The molecule has 0 unspecified atom stereocenters. The summed E-state index contributed by atoms with van der Waals surface area (Å²) in [5, 5.41) is 74.7. The molecule has 1 aromatic rings. The van der Waals surface area contributed by atoms with Crippen molar-refractivity contribution in [1.29, 1.82) is 0 Å². The van der Waals surface area contributed by atoms with E-state index < -0.39 is 114 Å². The van der Waals surface area contributed by atoms with E-state index in [0.29, 0.717) is 30.1 Å². The van der Waals surface area contributed by atoms with Crippen LogP contribution in [0.25, 0.3) is 0 Å². The maximum atomic E-state index is 14.6. The zero-order chi connectivity index (χ0) is 54.9. The van der Waals surface area contributed by atoms with Gasteiger partial charge in [-0.2, -0.15) is 0 Å². The molecule has 1 aromatic carbocycles. The van der Waals surface area contributed by atoms with Gasteiger partial charge in [0.1, 0.15) is 36.3 Å². The van der Waals surface area contributed by atoms with Gasteiger partial charge in [0, 0.05) is 83.2 Å². The number of rotatable bonds is 16. The Morgan fingerprint density at radius 3 is 2.15 bits per heavy atom. The number of amides is 1. The number of carbonyl (C=O) groups excluding carboxylic acids is 2. The molecule has 74 heavy (non-hydrogen) atoms. The Hall–Kier alpha value is -3.35. The summed E-state index contributed by atoms with van der Waals surface area (Å²) in [5.41, 5.74) is -4.32. The average molecular weight is 1050 g/mol. The first-order valence-corrected chi connectivity index (χ1v) is 26.5. The number of esters is 1. The molecule has 0 radical (unpaired) electrons. The highest BCUT2D eigenvalue weighted by atomic mass is 16.7. The highest BCUT2D eigenvalue weighted by molar-refractivity contribution is 5.94. The third kappa shape index (κ3) is 14.8. The van der Waals surface area contributed by atoms with Crippen molar-refractivity contribution in [2.24, 2.45) is 28.8 Å². The number of piperazine rings is 1. The molecule has 422 valence electrons. The van der Waals surface area contributed by atoms with Gasteiger partial charge in [-0.15, -0.1) is 0 Å². The molecule has 4 saturated heterocycles. The van der Waals surface area contributed by atoms with E-state index in [-0.39, 0.29) is 44.8 Å². The zero-order valence-electron chi connectivity index (χ0n) is 46.2. The average Bonchev–Trinajstić information content (AvgIpc) is 3.37. The second-order valence-corrected chi connectivity index (χ2v) is 21.9. The van der Waals surface area contributed by atoms with E-state index in [1.165, 1.54) is 26.0 Å². The minimum absolute atomic E-state index is 0.0466. The fourth-order valence-electron chi connectivity index (χ4n) is 11.3. The van der Waals surface area contributed by atoms with Gasteiger partial charge >= 0.3 is 5.97 Å². The number of cyclic esters (lactones) is 1. The summed E-state index contributed by atoms with van der Waals surface area (Å²) in [6, 6.07) is 5.84. The fraction of sp³-hybridized carbons (Fsp3) is 0.796. The van der Waals surface area contributed by atoms with Crippen molar-refractivity contribution in [3.8, 4) is 5.75 Å². The summed E-state index contributed by atoms with van der Waals surface area (Å²) >= 11 is 0. The molecular formula is C54H90N4O16. The van der Waals surface area contributed by atoms with Crippen LogP contribution in [0, 0.1) is 23.7 Å². The lowest BCUT2D eigenvalue weighted by Gasteiger charge is -2.49. The maximum Gasteiger partial charge on any atom is 0.311 e. The fourth-order valence-corrected chi connectivity index (χ4v) is 11.3. The van der Waals surface area contributed by atoms with E-state index in [4.69, 9.17) is 38.0 Å². The molecule has 1 amide bonds. The molecule has 5 rings (SSSR count). The van der Waals surface area contributed by atoms with Crippen molar-refractivity contribution in [2.45, 2.75) is 179 Å². The first-order chi connectivity index (χ1) is 34.8. The van der Waals surface area contributed by atoms with Crippen molar-refractivity contribution in [1.82, 2.24) is 14.7 Å². The number of methoxy groups -OCH3 is 2. The highest BCUT2D eigenvalue weighted by Gasteiger charge is 2.54. The Bertz CT molecular complexity index is 1980. The molecule has 0 aliphatic carbocycles. The van der Waals surface area contributed by atoms with Crippen molar-refractivity contribution >= 4 is 17.6 Å². The summed E-state index contributed by atoms with van der Waals surface area (Å²) in [6.07, 6.45) is -7.32. The van der Waals surface area contributed by atoms with Gasteiger partial charge in [0.05, 0.1) is 73.1 Å². The molecule has 18 atom stereocenters. The number of β-amino-alcohol motifs (C(OH)–C–C–N with tert-alkyl or cyclic N) is 1. The summed E-state index contributed by atoms with van der Waals surface area (Å²) in [5.74, 6) is -4.23. The topological polar surface area (TPSA) is 251 Å². The minimum atomic E-state index is -2.01. The Balaban J connectivity index is 1.54. The van der Waals surface area contributed by atoms with E-state index in [1.54, 1.807) is 86.7 Å². The lowest BCUT2D eigenvalue weighted by molar-refractivity contribution is -0.317. The highest BCUT2D eigenvalue weighted by Crippen LogP contribution is 2.41. The molecule has 0 aromatic heterocycles. The van der Waals surface area contributed by atoms with Crippen LogP contribution in [0.2, 0.25) is 0 Å². The summed E-state index contributed by atoms with van der Waals surface area (Å²) in [6.45, 7) is 21.8. The van der Waals surface area contributed by atoms with Crippen LogP contribution in [0.3, 0.4) is 0 Å². The molecule has 4 heterocycles. The number of hydrogen-bond acceptors (Lipinski definition) is 19. The lowest BCUT2D eigenvalue weighted by Crippen LogP contribution is -2.61. The van der Waals surface area contributed by atoms with Gasteiger partial charge in [0.25, 0.3) is 5.91 Å². The van der Waals surface area contributed by atoms with Crippen molar-refractivity contribution in [3.05, 3.63) is 42.0 Å². The predicted molar refractivity (Wildman–Crippen MR) is 275 cm³/mol. The maximum absolute atomic E-state index is 14.6. The molecular weight excluding hydrogens is 961 g/mol. The van der Waals surface area contributed by atoms with E-state index in [0.717, 1.165) is 26.2 Å². The third-order valence-corrected chi connectivity index (χ3v) is 16.1. The molecule has 4 fully saturated rings. The number of ether oxygens (including phenoxy) is 7. The first-order valence-electron chi connectivity index (χ1n) is 26.5. The number of carbonyl (C=O) groups is 2. The second kappa shape index (κ2) is 26.8. The largest absolute Gasteiger partial charge is 0.497 e. The van der Waals surface area contributed by atoms with E-state index >= 15 is 0 Å². The summed E-state index contributed by atoms with van der Waals surface area (Å²) in [7, 11) is 4.61. The smallest absolute Gasteiger partial charge is 0.311 e. The number of benzene rings is 1. The molecule has 20 heteroatoms. The lowest BCUT2D eigenvalue weighted by atomic mass is 9.73. The summed E-state index contributed by atoms with van der Waals surface area (Å²) in [4.78, 5) is 40.5. The van der Waals surface area contributed by atoms with Crippen molar-refractivity contribution in [3.63, 3.8) is 0 Å². The number of oxime groups is 1. The molecule has 0 bridgehead atoms. The normalized spacial score (nSPS) is 40.1. The number of aliphatic hydroxyl groups excluding tert-OH is 4. The Labute approximate surface area is 438 Å². The first kappa shape index (κ1) is 61.5. The van der Waals surface area contributed by atoms with Crippen molar-refractivity contribution < 1.29 is 78.2 Å². The minimum Gasteiger partial charge on any atom is -0.497 e. The van der Waals surface area contributed by atoms with Crippen LogP contribution in [0.1, 0.15) is 105 Å². The standard InChI is InChI=1S/C54H90N4O16/c1-14-41-54(10,66)46(61)34(4)43(55-69-28-16-15-21-57-22-24-58(25-23-57)26-27-59)32(2)30-52(8,65)48(35(5)45(36(6)50(64)72-41)73-42-31-53(9,68-13)47(62)37(7)71-42)74-51-44(60)40(29-33(3)70-51)56(11)49(63)38-17-19-39(67-12)20-18-38/h15-20,32-37,40-42,44-48,51,59-62,65-66H,14,21-31H2,1-13H3/b16-15+,55-43+/t32-,33-,34+,35+,36-,37+,40+,41-,42+,44-,45+,46-,47+,48-,51+,52+,53-,54-/m1/s1. The van der Waals surface area contributed by atoms with Crippen LogP contribution in [0.4, 0.5) is 0 Å². The molecule has 0 saturated carbocycles. The van der Waals surface area contributed by atoms with Gasteiger partial charge in [-0.05, 0) is 91.1 Å². The molecule has 4 aliphatic rings. The third-order valence-electron chi connectivity index (χ3n) is 16.1. The number of hydrogen-bond donors (Lipinski definition) is 6. The Morgan fingerprint density at radius 2 is 1.54 bits per heavy atom. The zero-order valence-corrected chi connectivity index (χ0v) is 46.2. The Kier molecular flexibility index (Phi) is 22.3. The Morgan fingerprint density at radius 1 is 0.892 bits per heavy atom. The molecule has 20 nitrogen and oxygen atoms in total. The summed E-state index contributed by atoms with van der Waals surface area (Å²) < 4.78 is 43.5. The van der Waals surface area contributed by atoms with Crippen LogP contribution < -0.4 is 4.74 Å². The van der Waals surface area contributed by atoms with Crippen LogP contribution in [0.15, 0.2) is 41.6 Å². The van der Waals surface area contributed by atoms with Gasteiger partial charge in [-0.3, -0.25) is 19.4 Å². The monoisotopic (exact) mass is 1050 g/mol. The number of aliphatic hydroxyl groups is 6. The van der Waals surface area contributed by atoms with E-state index in [2.05, 4.69) is 15.0 Å². The van der Waals surface area contributed by atoms with Gasteiger partial charge in [-0.1, -0.05) is 38.9 Å². The predicted octanol–water partition coefficient (Wildman–Crippen LogP) is 2.97. The van der Waals surface area contributed by atoms with E-state index in [1.807, 2.05) is 19.1 Å². The van der Waals surface area contributed by atoms with Gasteiger partial charge in [0.15, 0.2) is 12.6 Å². The van der Waals surface area contributed by atoms with Crippen LogP contribution in [-0.2, 0) is 38.1 Å². The quantitative estimate of drug-likeness (QED) is 0.0603. The molecule has 6 N–H and O–H groups in total. The SMILES string of the molecule is CC[C@H]1OC(=O)[C@H](C)[C@@H](O[C@H]2C[C@@](C)(OC)[C@@H](O)[C@H](C)O2)[C@H](C)[C@@H](O[C@@H]2O[C@H](C)C[C@H](N(C)C(=O)c3ccc(OC)cc3)[C@H]2O)[C@@](C)(O)C[C@@H](C)/C(=N\OC/C=C/CN2CCN(CCO)CC2)[C@H](C)[C@@H](O)[C@]1(C)O. The number of nitrogens with zero attached hydrogens (tertiary/aromatic N) is 4. The van der Waals surface area contributed by atoms with E-state index in [9.17, 15) is 40.2 Å².